The maximum atomic E-state index is 8.99. The van der Waals surface area contributed by atoms with Crippen molar-refractivity contribution in [1.82, 2.24) is 10.2 Å². The molecule has 1 fully saturated rings. The molecule has 0 spiro atoms. The first-order chi connectivity index (χ1) is 8.07. The molecule has 98 valence electrons. The molecular weight excluding hydrogens is 210 g/mol. The molecule has 1 rings (SSSR count). The molecule has 1 unspecified atom stereocenters. The Bertz CT molecular complexity index is 255. The van der Waals surface area contributed by atoms with Crippen LogP contribution in [0.1, 0.15) is 46.5 Å². The van der Waals surface area contributed by atoms with Crippen molar-refractivity contribution in [3.05, 3.63) is 0 Å². The van der Waals surface area contributed by atoms with Gasteiger partial charge in [0.15, 0.2) is 0 Å². The van der Waals surface area contributed by atoms with E-state index in [4.69, 9.17) is 5.26 Å². The van der Waals surface area contributed by atoms with Gasteiger partial charge in [-0.25, -0.2) is 0 Å². The van der Waals surface area contributed by atoms with Gasteiger partial charge < -0.3 is 10.2 Å². The van der Waals surface area contributed by atoms with Crippen LogP contribution in [0, 0.1) is 16.7 Å². The fourth-order valence-electron chi connectivity index (χ4n) is 2.34. The van der Waals surface area contributed by atoms with E-state index in [2.05, 4.69) is 23.2 Å². The molecule has 0 aromatic carbocycles. The molecule has 1 heterocycles. The Labute approximate surface area is 106 Å². The Morgan fingerprint density at radius 3 is 2.76 bits per heavy atom. The molecule has 0 saturated carbocycles. The third-order valence-electron chi connectivity index (χ3n) is 3.50. The number of hydrogen-bond donors (Lipinski definition) is 1. The smallest absolute Gasteiger partial charge is 0.0697 e. The fourth-order valence-corrected chi connectivity index (χ4v) is 2.34. The quantitative estimate of drug-likeness (QED) is 0.798. The van der Waals surface area contributed by atoms with Gasteiger partial charge in [-0.3, -0.25) is 0 Å². The van der Waals surface area contributed by atoms with Crippen LogP contribution in [0.5, 0.6) is 0 Å². The van der Waals surface area contributed by atoms with Crippen LogP contribution < -0.4 is 5.32 Å². The third kappa shape index (κ3) is 5.52. The Kier molecular flexibility index (Phi) is 5.94. The van der Waals surface area contributed by atoms with E-state index in [0.29, 0.717) is 6.04 Å². The van der Waals surface area contributed by atoms with Crippen LogP contribution in [-0.2, 0) is 0 Å². The van der Waals surface area contributed by atoms with E-state index in [0.717, 1.165) is 6.54 Å². The highest BCUT2D eigenvalue weighted by molar-refractivity contribution is 4.94. The average Bonchev–Trinajstić information content (AvgIpc) is 2.53. The van der Waals surface area contributed by atoms with Gasteiger partial charge in [-0.2, -0.15) is 5.26 Å². The Morgan fingerprint density at radius 1 is 1.35 bits per heavy atom. The van der Waals surface area contributed by atoms with E-state index >= 15 is 0 Å². The van der Waals surface area contributed by atoms with E-state index in [1.807, 2.05) is 13.8 Å². The Hall–Kier alpha value is -0.590. The van der Waals surface area contributed by atoms with Gasteiger partial charge in [0.2, 0.25) is 0 Å². The fraction of sp³-hybridized carbons (Fsp3) is 0.929. The first kappa shape index (κ1) is 14.5. The molecule has 1 aliphatic rings. The summed E-state index contributed by atoms with van der Waals surface area (Å²) >= 11 is 0. The molecule has 0 amide bonds. The maximum Gasteiger partial charge on any atom is 0.0697 e. The standard InChI is InChI=1S/C14H27N3/c1-4-8-17-9-5-6-13(7-10-17)16-12-14(2,3)11-15/h13,16H,4-10,12H2,1-3H3. The average molecular weight is 237 g/mol. The van der Waals surface area contributed by atoms with Gasteiger partial charge in [-0.15, -0.1) is 0 Å². The van der Waals surface area contributed by atoms with Gasteiger partial charge in [-0.1, -0.05) is 6.92 Å². The molecule has 3 nitrogen and oxygen atoms in total. The lowest BCUT2D eigenvalue weighted by molar-refractivity contribution is 0.281. The van der Waals surface area contributed by atoms with Crippen molar-refractivity contribution in [2.45, 2.75) is 52.5 Å². The SMILES string of the molecule is CCCN1CCCC(NCC(C)(C)C#N)CC1. The highest BCUT2D eigenvalue weighted by Crippen LogP contribution is 2.15. The Morgan fingerprint density at radius 2 is 2.12 bits per heavy atom. The van der Waals surface area contributed by atoms with Gasteiger partial charge >= 0.3 is 0 Å². The minimum atomic E-state index is -0.241. The van der Waals surface area contributed by atoms with Crippen LogP contribution in [0.15, 0.2) is 0 Å². The van der Waals surface area contributed by atoms with Gasteiger partial charge in [0.25, 0.3) is 0 Å². The van der Waals surface area contributed by atoms with E-state index in [9.17, 15) is 0 Å². The van der Waals surface area contributed by atoms with Crippen molar-refractivity contribution in [1.29, 1.82) is 5.26 Å². The summed E-state index contributed by atoms with van der Waals surface area (Å²) in [5.41, 5.74) is -0.241. The first-order valence-corrected chi connectivity index (χ1v) is 6.94. The zero-order valence-corrected chi connectivity index (χ0v) is 11.6. The van der Waals surface area contributed by atoms with Crippen LogP contribution >= 0.6 is 0 Å². The monoisotopic (exact) mass is 237 g/mol. The molecule has 1 N–H and O–H groups in total. The van der Waals surface area contributed by atoms with E-state index < -0.39 is 0 Å². The normalized spacial score (nSPS) is 23.1. The zero-order valence-electron chi connectivity index (χ0n) is 11.6. The molecule has 1 saturated heterocycles. The van der Waals surface area contributed by atoms with E-state index in [1.165, 1.54) is 45.3 Å². The summed E-state index contributed by atoms with van der Waals surface area (Å²) in [5, 5.41) is 12.6. The van der Waals surface area contributed by atoms with Gasteiger partial charge in [-0.05, 0) is 59.2 Å². The lowest BCUT2D eigenvalue weighted by Gasteiger charge is -2.22. The lowest BCUT2D eigenvalue weighted by Crippen LogP contribution is -2.37. The molecule has 0 bridgehead atoms. The second kappa shape index (κ2) is 6.98. The minimum absolute atomic E-state index is 0.241. The maximum absolute atomic E-state index is 8.99. The number of hydrogen-bond acceptors (Lipinski definition) is 3. The van der Waals surface area contributed by atoms with Crippen molar-refractivity contribution >= 4 is 0 Å². The number of rotatable bonds is 5. The predicted molar refractivity (Wildman–Crippen MR) is 71.8 cm³/mol. The van der Waals surface area contributed by atoms with Crippen LogP contribution in [0.4, 0.5) is 0 Å². The summed E-state index contributed by atoms with van der Waals surface area (Å²) in [6.45, 7) is 10.7. The number of nitrogens with one attached hydrogen (secondary N) is 1. The molecule has 17 heavy (non-hydrogen) atoms. The molecule has 0 radical (unpaired) electrons. The number of likely N-dealkylation sites (tertiary alicyclic amines) is 1. The molecule has 0 aromatic rings. The summed E-state index contributed by atoms with van der Waals surface area (Å²) in [6, 6.07) is 2.95. The highest BCUT2D eigenvalue weighted by atomic mass is 15.1. The van der Waals surface area contributed by atoms with E-state index in [1.54, 1.807) is 0 Å². The van der Waals surface area contributed by atoms with E-state index in [-0.39, 0.29) is 5.41 Å². The van der Waals surface area contributed by atoms with Crippen LogP contribution in [0.3, 0.4) is 0 Å². The predicted octanol–water partition coefficient (Wildman–Crippen LogP) is 2.39. The van der Waals surface area contributed by atoms with Crippen molar-refractivity contribution < 1.29 is 0 Å². The summed E-state index contributed by atoms with van der Waals surface area (Å²) in [7, 11) is 0. The van der Waals surface area contributed by atoms with Crippen molar-refractivity contribution in [3.8, 4) is 6.07 Å². The highest BCUT2D eigenvalue weighted by Gasteiger charge is 2.20. The summed E-state index contributed by atoms with van der Waals surface area (Å²) in [6.07, 6.45) is 5.01. The third-order valence-corrected chi connectivity index (χ3v) is 3.50. The summed E-state index contributed by atoms with van der Waals surface area (Å²) in [4.78, 5) is 2.57. The molecule has 3 heteroatoms. The topological polar surface area (TPSA) is 39.1 Å². The number of nitriles is 1. The molecule has 0 aliphatic carbocycles. The second-order valence-electron chi connectivity index (χ2n) is 5.85. The largest absolute Gasteiger partial charge is 0.312 e. The summed E-state index contributed by atoms with van der Waals surface area (Å²) in [5.74, 6) is 0. The Balaban J connectivity index is 2.30. The van der Waals surface area contributed by atoms with Crippen molar-refractivity contribution in [3.63, 3.8) is 0 Å². The summed E-state index contributed by atoms with van der Waals surface area (Å²) < 4.78 is 0. The van der Waals surface area contributed by atoms with Crippen LogP contribution in [-0.4, -0.2) is 37.1 Å². The molecule has 0 aromatic heterocycles. The minimum Gasteiger partial charge on any atom is -0.312 e. The lowest BCUT2D eigenvalue weighted by atomic mass is 9.95. The number of nitrogens with zero attached hydrogens (tertiary/aromatic N) is 2. The van der Waals surface area contributed by atoms with Crippen molar-refractivity contribution in [2.75, 3.05) is 26.2 Å². The molecule has 1 atom stereocenters. The molecular formula is C14H27N3. The van der Waals surface area contributed by atoms with Gasteiger partial charge in [0.05, 0.1) is 11.5 Å². The van der Waals surface area contributed by atoms with Crippen LogP contribution in [0.2, 0.25) is 0 Å². The van der Waals surface area contributed by atoms with Crippen molar-refractivity contribution in [2.24, 2.45) is 5.41 Å². The van der Waals surface area contributed by atoms with Gasteiger partial charge in [0.1, 0.15) is 0 Å². The van der Waals surface area contributed by atoms with Gasteiger partial charge in [0, 0.05) is 12.6 Å². The second-order valence-corrected chi connectivity index (χ2v) is 5.85. The molecule has 1 aliphatic heterocycles. The van der Waals surface area contributed by atoms with Crippen LogP contribution in [0.25, 0.3) is 0 Å². The zero-order chi connectivity index (χ0) is 12.7. The first-order valence-electron chi connectivity index (χ1n) is 6.94.